The van der Waals surface area contributed by atoms with Crippen molar-refractivity contribution in [2.24, 2.45) is 16.7 Å². The second-order valence-electron chi connectivity index (χ2n) is 8.89. The van der Waals surface area contributed by atoms with E-state index in [0.717, 1.165) is 24.8 Å². The lowest BCUT2D eigenvalue weighted by Gasteiger charge is -2.36. The van der Waals surface area contributed by atoms with Crippen LogP contribution in [0.2, 0.25) is 0 Å². The molecule has 0 unspecified atom stereocenters. The summed E-state index contributed by atoms with van der Waals surface area (Å²) in [6, 6.07) is 5.98. The number of carbonyl (C=O) groups excluding carboxylic acids is 1. The Morgan fingerprint density at radius 3 is 2.43 bits per heavy atom. The Morgan fingerprint density at radius 1 is 1.09 bits per heavy atom. The number of anilines is 1. The number of allylic oxidation sites excluding steroid dienone is 1. The van der Waals surface area contributed by atoms with Gasteiger partial charge in [0.25, 0.3) is 0 Å². The van der Waals surface area contributed by atoms with E-state index in [9.17, 15) is 9.59 Å². The summed E-state index contributed by atoms with van der Waals surface area (Å²) < 4.78 is 0. The van der Waals surface area contributed by atoms with Gasteiger partial charge in [0.1, 0.15) is 17.3 Å². The molecule has 0 saturated heterocycles. The largest absolute Gasteiger partial charge is 0.385 e. The predicted molar refractivity (Wildman–Crippen MR) is 141 cm³/mol. The lowest BCUT2D eigenvalue weighted by molar-refractivity contribution is 0.217. The number of urea groups is 1. The number of amidine groups is 1. The maximum absolute atomic E-state index is 13.4. The van der Waals surface area contributed by atoms with Crippen LogP contribution in [0, 0.1) is 13.8 Å². The molecule has 0 radical (unpaired) electrons. The minimum atomic E-state index is -0.324. The third kappa shape index (κ3) is 6.13. The molecular weight excluding hydrogens is 444 g/mol. The maximum Gasteiger partial charge on any atom is 0.330 e. The van der Waals surface area contributed by atoms with E-state index in [1.807, 2.05) is 19.1 Å². The van der Waals surface area contributed by atoms with E-state index in [0.29, 0.717) is 55.5 Å². The first-order chi connectivity index (χ1) is 16.8. The fraction of sp³-hybridized carbons (Fsp3) is 0.480. The summed E-state index contributed by atoms with van der Waals surface area (Å²) in [6.45, 7) is 9.56. The number of aromatic nitrogens is 2. The molecule has 2 heterocycles. The van der Waals surface area contributed by atoms with Crippen LogP contribution in [0.25, 0.3) is 5.70 Å². The zero-order chi connectivity index (χ0) is 25.5. The summed E-state index contributed by atoms with van der Waals surface area (Å²) in [7, 11) is 0. The summed E-state index contributed by atoms with van der Waals surface area (Å²) >= 11 is 0. The highest BCUT2D eigenvalue weighted by Gasteiger charge is 2.35. The number of hydrogen-bond donors (Lipinski definition) is 4. The number of imidazole rings is 1. The number of rotatable bonds is 11. The number of unbranched alkanes of at least 4 members (excludes halogenated alkanes) is 1. The van der Waals surface area contributed by atoms with Crippen LogP contribution in [-0.2, 0) is 6.42 Å². The van der Waals surface area contributed by atoms with Crippen LogP contribution in [0.1, 0.15) is 61.9 Å². The first kappa shape index (κ1) is 26.1. The number of fused-ring (bicyclic) bond motifs is 1. The Bertz CT molecular complexity index is 1130. The summed E-state index contributed by atoms with van der Waals surface area (Å²) in [6.07, 6.45) is 5.56. The molecule has 0 atom stereocenters. The molecular formula is C25H38N8O2. The molecule has 2 aromatic rings. The van der Waals surface area contributed by atoms with Gasteiger partial charge in [-0.3, -0.25) is 14.8 Å². The van der Waals surface area contributed by atoms with Crippen molar-refractivity contribution in [3.63, 3.8) is 0 Å². The normalized spacial score (nSPS) is 15.2. The first-order valence-corrected chi connectivity index (χ1v) is 12.3. The fourth-order valence-corrected chi connectivity index (χ4v) is 4.34. The summed E-state index contributed by atoms with van der Waals surface area (Å²) in [5, 5.41) is 5.66. The molecule has 190 valence electrons. The van der Waals surface area contributed by atoms with Gasteiger partial charge in [0.2, 0.25) is 0 Å². The summed E-state index contributed by atoms with van der Waals surface area (Å²) in [4.78, 5) is 34.5. The molecule has 0 saturated carbocycles. The second-order valence-corrected chi connectivity index (χ2v) is 8.89. The fourth-order valence-electron chi connectivity index (χ4n) is 4.34. The highest BCUT2D eigenvalue weighted by atomic mass is 16.2. The van der Waals surface area contributed by atoms with Crippen molar-refractivity contribution in [2.75, 3.05) is 24.5 Å². The number of amides is 2. The Labute approximate surface area is 206 Å². The van der Waals surface area contributed by atoms with E-state index in [-0.39, 0.29) is 11.7 Å². The molecule has 1 aliphatic rings. The van der Waals surface area contributed by atoms with E-state index < -0.39 is 0 Å². The number of carbonyl (C=O) groups is 1. The minimum Gasteiger partial charge on any atom is -0.385 e. The van der Waals surface area contributed by atoms with Gasteiger partial charge in [0, 0.05) is 19.5 Å². The lowest BCUT2D eigenvalue weighted by Crippen LogP contribution is -2.47. The molecule has 0 fully saturated rings. The predicted octanol–water partition coefficient (Wildman–Crippen LogP) is 3.19. The van der Waals surface area contributed by atoms with Gasteiger partial charge in [0.15, 0.2) is 0 Å². The number of aromatic amines is 2. The topological polar surface area (TPSA) is 140 Å². The number of hydrazone groups is 1. The Hall–Kier alpha value is -3.53. The maximum atomic E-state index is 13.4. The number of H-pyrrole nitrogens is 2. The molecule has 6 N–H and O–H groups in total. The van der Waals surface area contributed by atoms with Crippen LogP contribution in [0.5, 0.6) is 0 Å². The molecule has 1 aromatic carbocycles. The van der Waals surface area contributed by atoms with Crippen molar-refractivity contribution < 1.29 is 4.79 Å². The Kier molecular flexibility index (Phi) is 8.75. The van der Waals surface area contributed by atoms with Crippen LogP contribution in [0.4, 0.5) is 10.6 Å². The number of hydrogen-bond acceptors (Lipinski definition) is 5. The van der Waals surface area contributed by atoms with Crippen LogP contribution >= 0.6 is 0 Å². The van der Waals surface area contributed by atoms with Crippen LogP contribution in [0.15, 0.2) is 34.2 Å². The zero-order valence-corrected chi connectivity index (χ0v) is 21.2. The smallest absolute Gasteiger partial charge is 0.330 e. The van der Waals surface area contributed by atoms with Gasteiger partial charge in [-0.05, 0) is 49.8 Å². The Morgan fingerprint density at radius 2 is 1.77 bits per heavy atom. The van der Waals surface area contributed by atoms with Gasteiger partial charge in [0.05, 0.1) is 12.2 Å². The highest BCUT2D eigenvalue weighted by Crippen LogP contribution is 2.33. The summed E-state index contributed by atoms with van der Waals surface area (Å²) in [5.74, 6) is 7.08. The second kappa shape index (κ2) is 11.7. The molecule has 3 rings (SSSR count). The van der Waals surface area contributed by atoms with Crippen LogP contribution < -0.4 is 22.2 Å². The average Bonchev–Trinajstić information content (AvgIpc) is 3.19. The molecule has 1 aliphatic heterocycles. The van der Waals surface area contributed by atoms with Gasteiger partial charge in [-0.15, -0.1) is 5.10 Å². The first-order valence-electron chi connectivity index (χ1n) is 12.3. The van der Waals surface area contributed by atoms with Crippen molar-refractivity contribution in [1.29, 1.82) is 0 Å². The molecule has 10 heteroatoms. The van der Waals surface area contributed by atoms with E-state index >= 15 is 0 Å². The number of aryl methyl sites for hydroxylation is 2. The summed E-state index contributed by atoms with van der Waals surface area (Å²) in [5.41, 5.74) is 10.7. The quantitative estimate of drug-likeness (QED) is 0.169. The number of benzene rings is 1. The van der Waals surface area contributed by atoms with Gasteiger partial charge < -0.3 is 10.7 Å². The molecule has 10 nitrogen and oxygen atoms in total. The number of nitrogens with zero attached hydrogens (tertiary/aromatic N) is 4. The van der Waals surface area contributed by atoms with Crippen LogP contribution in [0.3, 0.4) is 0 Å². The number of nitrogens with two attached hydrogens (primary N) is 2. The third-order valence-electron chi connectivity index (χ3n) is 6.15. The van der Waals surface area contributed by atoms with Crippen molar-refractivity contribution >= 4 is 23.4 Å². The average molecular weight is 483 g/mol. The van der Waals surface area contributed by atoms with Gasteiger partial charge in [-0.2, -0.15) is 0 Å². The zero-order valence-electron chi connectivity index (χ0n) is 21.2. The van der Waals surface area contributed by atoms with Crippen molar-refractivity contribution in [3.8, 4) is 0 Å². The minimum absolute atomic E-state index is 0.150. The molecule has 0 bridgehead atoms. The standard InChI is InChI=1S/C25H38N8O2/c1-5-7-13-32-23-22(28-24(34)29-23)20(10-6-2)31(25(32)35)14-9-15-33(27)30-21(26)16-19-17(3)11-8-12-18(19)4/h8,10-12H,5-7,9,13-16,27H2,1-4H3,(H2,26,30)(H2,28,29,34). The molecule has 35 heavy (non-hydrogen) atoms. The number of nitrogens with one attached hydrogen (secondary N) is 2. The van der Waals surface area contributed by atoms with Crippen molar-refractivity contribution in [1.82, 2.24) is 20.0 Å². The monoisotopic (exact) mass is 482 g/mol. The van der Waals surface area contributed by atoms with Crippen molar-refractivity contribution in [2.45, 2.75) is 59.8 Å². The van der Waals surface area contributed by atoms with Gasteiger partial charge >= 0.3 is 11.7 Å². The van der Waals surface area contributed by atoms with E-state index in [1.54, 1.807) is 9.80 Å². The van der Waals surface area contributed by atoms with Crippen molar-refractivity contribution in [3.05, 3.63) is 57.1 Å². The number of hydrazine groups is 1. The lowest BCUT2D eigenvalue weighted by atomic mass is 10.00. The molecule has 2 amide bonds. The van der Waals surface area contributed by atoms with E-state index in [2.05, 4.69) is 48.0 Å². The SMILES string of the molecule is CCC=C1c2[nH]c(=O)[nH]c2N(CCCC)C(=O)N1CCCN(N)/N=C(\N)Cc1c(C)cccc1C. The van der Waals surface area contributed by atoms with Crippen LogP contribution in [-0.4, -0.2) is 51.5 Å². The van der Waals surface area contributed by atoms with Gasteiger partial charge in [-0.1, -0.05) is 44.5 Å². The molecule has 0 aliphatic carbocycles. The Balaban J connectivity index is 1.69. The highest BCUT2D eigenvalue weighted by molar-refractivity contribution is 6.02. The molecule has 0 spiro atoms. The molecule has 1 aromatic heterocycles. The van der Waals surface area contributed by atoms with E-state index in [1.165, 1.54) is 16.2 Å². The van der Waals surface area contributed by atoms with Gasteiger partial charge in [-0.25, -0.2) is 20.5 Å². The third-order valence-corrected chi connectivity index (χ3v) is 6.15. The van der Waals surface area contributed by atoms with E-state index in [4.69, 9.17) is 11.6 Å².